The zero-order chi connectivity index (χ0) is 22.9. The Morgan fingerprint density at radius 3 is 2.75 bits per heavy atom. The number of amides is 1. The van der Waals surface area contributed by atoms with Gasteiger partial charge in [-0.1, -0.05) is 12.1 Å². The van der Waals surface area contributed by atoms with Crippen molar-refractivity contribution in [2.75, 3.05) is 51.4 Å². The van der Waals surface area contributed by atoms with Crippen LogP contribution in [0.4, 0.5) is 5.69 Å². The first-order valence-corrected chi connectivity index (χ1v) is 11.4. The van der Waals surface area contributed by atoms with Gasteiger partial charge in [-0.25, -0.2) is 4.98 Å². The molecule has 0 radical (unpaired) electrons. The summed E-state index contributed by atoms with van der Waals surface area (Å²) in [5, 5.41) is 9.00. The van der Waals surface area contributed by atoms with Crippen molar-refractivity contribution in [2.45, 2.75) is 13.3 Å². The van der Waals surface area contributed by atoms with E-state index in [9.17, 15) is 4.79 Å². The number of aliphatic imine (C=N–C) groups is 1. The largest absolute Gasteiger partial charge is 0.496 e. The summed E-state index contributed by atoms with van der Waals surface area (Å²) in [5.41, 5.74) is 2.99. The van der Waals surface area contributed by atoms with Crippen LogP contribution < -0.4 is 9.64 Å². The molecule has 1 saturated heterocycles. The number of ether oxygens (including phenoxy) is 1. The van der Waals surface area contributed by atoms with E-state index in [1.54, 1.807) is 24.4 Å². The summed E-state index contributed by atoms with van der Waals surface area (Å²) in [7, 11) is 1.68. The van der Waals surface area contributed by atoms with E-state index in [-0.39, 0.29) is 19.1 Å². The lowest BCUT2D eigenvalue weighted by Gasteiger charge is -2.37. The predicted octanol–water partition coefficient (Wildman–Crippen LogP) is 3.05. The number of benzene rings is 1. The number of hydrazone groups is 1. The standard InChI is InChI=1S/C23H30N6O2S/c1-5-6-20(23-25-9-14-32-23)26-29(17-24-3)16-22(30)28-12-10-27(11-13-28)19-8-7-18(2)21(15-19)31-4/h5,7-9,14-15H,1,3,6,10-13,16-17H2,2,4H3/b26-20+. The van der Waals surface area contributed by atoms with E-state index in [1.807, 2.05) is 17.2 Å². The summed E-state index contributed by atoms with van der Waals surface area (Å²) in [4.78, 5) is 25.4. The Bertz CT molecular complexity index is 951. The van der Waals surface area contributed by atoms with Crippen LogP contribution >= 0.6 is 11.3 Å². The van der Waals surface area contributed by atoms with Crippen LogP contribution in [0.15, 0.2) is 52.5 Å². The Hall–Kier alpha value is -3.20. The lowest BCUT2D eigenvalue weighted by Crippen LogP contribution is -2.51. The minimum absolute atomic E-state index is 0.0237. The van der Waals surface area contributed by atoms with E-state index in [1.165, 1.54) is 11.3 Å². The maximum Gasteiger partial charge on any atom is 0.244 e. The minimum Gasteiger partial charge on any atom is -0.496 e. The third-order valence-electron chi connectivity index (χ3n) is 5.25. The van der Waals surface area contributed by atoms with E-state index in [0.717, 1.165) is 40.8 Å². The summed E-state index contributed by atoms with van der Waals surface area (Å²) in [6.07, 6.45) is 4.08. The molecular formula is C23H30N6O2S. The Morgan fingerprint density at radius 2 is 2.12 bits per heavy atom. The third-order valence-corrected chi connectivity index (χ3v) is 6.07. The molecule has 2 aromatic rings. The van der Waals surface area contributed by atoms with Crippen LogP contribution in [-0.4, -0.2) is 79.7 Å². The van der Waals surface area contributed by atoms with Crippen molar-refractivity contribution < 1.29 is 9.53 Å². The van der Waals surface area contributed by atoms with Crippen LogP contribution in [0.3, 0.4) is 0 Å². The van der Waals surface area contributed by atoms with Gasteiger partial charge in [0.1, 0.15) is 29.7 Å². The molecule has 9 heteroatoms. The van der Waals surface area contributed by atoms with E-state index >= 15 is 0 Å². The molecule has 1 aliphatic heterocycles. The summed E-state index contributed by atoms with van der Waals surface area (Å²) in [5.74, 6) is 0.901. The number of carbonyl (C=O) groups is 1. The Balaban J connectivity index is 1.62. The number of aromatic nitrogens is 1. The molecule has 0 atom stereocenters. The molecule has 1 aromatic carbocycles. The average Bonchev–Trinajstić information content (AvgIpc) is 3.34. The van der Waals surface area contributed by atoms with E-state index < -0.39 is 0 Å². The molecular weight excluding hydrogens is 424 g/mol. The highest BCUT2D eigenvalue weighted by molar-refractivity contribution is 7.11. The number of anilines is 1. The lowest BCUT2D eigenvalue weighted by molar-refractivity contribution is -0.132. The van der Waals surface area contributed by atoms with Gasteiger partial charge in [0, 0.05) is 55.9 Å². The van der Waals surface area contributed by atoms with Gasteiger partial charge in [-0.3, -0.25) is 14.8 Å². The Labute approximate surface area is 193 Å². The summed E-state index contributed by atoms with van der Waals surface area (Å²) in [6, 6.07) is 6.22. The molecule has 0 spiro atoms. The molecule has 3 rings (SSSR count). The maximum atomic E-state index is 13.0. The van der Waals surface area contributed by atoms with Crippen LogP contribution in [0.1, 0.15) is 17.0 Å². The van der Waals surface area contributed by atoms with Gasteiger partial charge in [0.25, 0.3) is 0 Å². The molecule has 32 heavy (non-hydrogen) atoms. The number of nitrogens with zero attached hydrogens (tertiary/aromatic N) is 6. The van der Waals surface area contributed by atoms with Crippen molar-refractivity contribution in [1.29, 1.82) is 0 Å². The van der Waals surface area contributed by atoms with Crippen LogP contribution in [0.5, 0.6) is 5.75 Å². The second-order valence-electron chi connectivity index (χ2n) is 7.43. The molecule has 0 bridgehead atoms. The Morgan fingerprint density at radius 1 is 1.34 bits per heavy atom. The fourth-order valence-corrected chi connectivity index (χ4v) is 4.18. The van der Waals surface area contributed by atoms with Crippen molar-refractivity contribution in [1.82, 2.24) is 14.9 Å². The highest BCUT2D eigenvalue weighted by Crippen LogP contribution is 2.25. The molecule has 1 aromatic heterocycles. The summed E-state index contributed by atoms with van der Waals surface area (Å²) < 4.78 is 5.45. The van der Waals surface area contributed by atoms with Gasteiger partial charge in [-0.05, 0) is 25.3 Å². The highest BCUT2D eigenvalue weighted by Gasteiger charge is 2.23. The number of aryl methyl sites for hydroxylation is 1. The number of carbonyl (C=O) groups excluding carboxylic acids is 1. The van der Waals surface area contributed by atoms with Gasteiger partial charge >= 0.3 is 0 Å². The summed E-state index contributed by atoms with van der Waals surface area (Å²) in [6.45, 7) is 12.6. The van der Waals surface area contributed by atoms with Crippen molar-refractivity contribution in [2.24, 2.45) is 10.1 Å². The van der Waals surface area contributed by atoms with Crippen LogP contribution in [0.25, 0.3) is 0 Å². The zero-order valence-electron chi connectivity index (χ0n) is 18.7. The molecule has 8 nitrogen and oxygen atoms in total. The quantitative estimate of drug-likeness (QED) is 0.313. The smallest absolute Gasteiger partial charge is 0.244 e. The second kappa shape index (κ2) is 11.4. The first-order chi connectivity index (χ1) is 15.5. The van der Waals surface area contributed by atoms with Gasteiger partial charge in [0.2, 0.25) is 5.91 Å². The predicted molar refractivity (Wildman–Crippen MR) is 131 cm³/mol. The molecule has 1 fully saturated rings. The average molecular weight is 455 g/mol. The summed E-state index contributed by atoms with van der Waals surface area (Å²) >= 11 is 1.51. The van der Waals surface area contributed by atoms with Crippen LogP contribution in [-0.2, 0) is 4.79 Å². The van der Waals surface area contributed by atoms with Gasteiger partial charge in [0.05, 0.1) is 7.11 Å². The monoisotopic (exact) mass is 454 g/mol. The number of allylic oxidation sites excluding steroid dienone is 1. The van der Waals surface area contributed by atoms with E-state index in [2.05, 4.69) is 51.5 Å². The normalized spacial score (nSPS) is 14.2. The molecule has 0 saturated carbocycles. The van der Waals surface area contributed by atoms with Crippen molar-refractivity contribution in [3.05, 3.63) is 53.0 Å². The number of hydrogen-bond donors (Lipinski definition) is 0. The molecule has 1 amide bonds. The lowest BCUT2D eigenvalue weighted by atomic mass is 10.1. The fraction of sp³-hybridized carbons (Fsp3) is 0.391. The molecule has 1 aliphatic rings. The SMILES string of the molecule is C=CC/C(=N\N(CN=C)CC(=O)N1CCN(c2ccc(C)c(OC)c2)CC1)c1nccs1. The highest BCUT2D eigenvalue weighted by atomic mass is 32.1. The number of rotatable bonds is 10. The number of hydrogen-bond acceptors (Lipinski definition) is 8. The van der Waals surface area contributed by atoms with Gasteiger partial charge in [0.15, 0.2) is 0 Å². The minimum atomic E-state index is 0.0237. The van der Waals surface area contributed by atoms with E-state index in [0.29, 0.717) is 19.5 Å². The van der Waals surface area contributed by atoms with Crippen LogP contribution in [0, 0.1) is 6.92 Å². The molecule has 0 N–H and O–H groups in total. The van der Waals surface area contributed by atoms with Crippen molar-refractivity contribution >= 4 is 35.4 Å². The molecule has 0 aliphatic carbocycles. The van der Waals surface area contributed by atoms with Crippen molar-refractivity contribution in [3.8, 4) is 5.75 Å². The topological polar surface area (TPSA) is 73.6 Å². The van der Waals surface area contributed by atoms with E-state index in [4.69, 9.17) is 4.74 Å². The molecule has 170 valence electrons. The first kappa shape index (κ1) is 23.5. The van der Waals surface area contributed by atoms with Gasteiger partial charge in [-0.15, -0.1) is 17.9 Å². The zero-order valence-corrected chi connectivity index (χ0v) is 19.6. The van der Waals surface area contributed by atoms with Gasteiger partial charge in [-0.2, -0.15) is 5.10 Å². The number of methoxy groups -OCH3 is 1. The number of piperazine rings is 1. The van der Waals surface area contributed by atoms with Crippen molar-refractivity contribution in [3.63, 3.8) is 0 Å². The fourth-order valence-electron chi connectivity index (χ4n) is 3.55. The number of thiazole rings is 1. The first-order valence-electron chi connectivity index (χ1n) is 10.5. The van der Waals surface area contributed by atoms with Gasteiger partial charge < -0.3 is 14.5 Å². The molecule has 2 heterocycles. The molecule has 0 unspecified atom stereocenters. The maximum absolute atomic E-state index is 13.0. The Kier molecular flexibility index (Phi) is 8.38. The third kappa shape index (κ3) is 5.94. The second-order valence-corrected chi connectivity index (χ2v) is 8.32. The van der Waals surface area contributed by atoms with Crippen LogP contribution in [0.2, 0.25) is 0 Å².